The fourth-order valence-electron chi connectivity index (χ4n) is 3.11. The molecule has 2 heterocycles. The van der Waals surface area contributed by atoms with E-state index in [0.717, 1.165) is 36.7 Å². The highest BCUT2D eigenvalue weighted by molar-refractivity contribution is 7.99. The molecule has 0 bridgehead atoms. The standard InChI is InChI=1S/C18H25N3O3S/c22-17(12-24-11-14-4-2-1-3-5-14)20-10-15-8-16(19-9-15)18(23)21-6-7-25-13-21/h1-5,15-16,19H,6-13H2,(H,20,22). The van der Waals surface area contributed by atoms with Gasteiger partial charge in [0.05, 0.1) is 18.5 Å². The maximum Gasteiger partial charge on any atom is 0.246 e. The molecular weight excluding hydrogens is 338 g/mol. The lowest BCUT2D eigenvalue weighted by atomic mass is 10.1. The van der Waals surface area contributed by atoms with Gasteiger partial charge in [-0.25, -0.2) is 0 Å². The van der Waals surface area contributed by atoms with Gasteiger partial charge < -0.3 is 20.3 Å². The highest BCUT2D eigenvalue weighted by atomic mass is 32.2. The number of rotatable bonds is 7. The summed E-state index contributed by atoms with van der Waals surface area (Å²) in [6, 6.07) is 9.69. The Bertz CT molecular complexity index is 578. The molecule has 0 saturated carbocycles. The third kappa shape index (κ3) is 5.45. The highest BCUT2D eigenvalue weighted by Crippen LogP contribution is 2.19. The van der Waals surface area contributed by atoms with E-state index in [9.17, 15) is 9.59 Å². The monoisotopic (exact) mass is 363 g/mol. The first-order valence-electron chi connectivity index (χ1n) is 8.70. The number of nitrogens with one attached hydrogen (secondary N) is 2. The van der Waals surface area contributed by atoms with Crippen LogP contribution in [0.15, 0.2) is 30.3 Å². The van der Waals surface area contributed by atoms with Gasteiger partial charge in [-0.05, 0) is 17.9 Å². The summed E-state index contributed by atoms with van der Waals surface area (Å²) in [6.07, 6.45) is 0.783. The zero-order valence-electron chi connectivity index (χ0n) is 14.3. The van der Waals surface area contributed by atoms with Crippen molar-refractivity contribution in [3.05, 3.63) is 35.9 Å². The lowest BCUT2D eigenvalue weighted by Crippen LogP contribution is -2.42. The third-order valence-corrected chi connectivity index (χ3v) is 5.48. The smallest absolute Gasteiger partial charge is 0.246 e. The number of amides is 2. The predicted molar refractivity (Wildman–Crippen MR) is 98.0 cm³/mol. The fraction of sp³-hybridized carbons (Fsp3) is 0.556. The van der Waals surface area contributed by atoms with E-state index < -0.39 is 0 Å². The topological polar surface area (TPSA) is 70.7 Å². The highest BCUT2D eigenvalue weighted by Gasteiger charge is 2.33. The molecule has 25 heavy (non-hydrogen) atoms. The average Bonchev–Trinajstić information content (AvgIpc) is 3.32. The first kappa shape index (κ1) is 18.2. The van der Waals surface area contributed by atoms with E-state index in [1.54, 1.807) is 11.8 Å². The van der Waals surface area contributed by atoms with E-state index in [2.05, 4.69) is 10.6 Å². The molecule has 3 rings (SSSR count). The van der Waals surface area contributed by atoms with Crippen molar-refractivity contribution in [1.29, 1.82) is 0 Å². The Morgan fingerprint density at radius 3 is 2.92 bits per heavy atom. The first-order valence-corrected chi connectivity index (χ1v) is 9.86. The Morgan fingerprint density at radius 2 is 2.16 bits per heavy atom. The van der Waals surface area contributed by atoms with Crippen molar-refractivity contribution in [2.24, 2.45) is 5.92 Å². The number of hydrogen-bond donors (Lipinski definition) is 2. The van der Waals surface area contributed by atoms with Gasteiger partial charge in [0, 0.05) is 25.4 Å². The van der Waals surface area contributed by atoms with Crippen LogP contribution in [0.1, 0.15) is 12.0 Å². The Kier molecular flexibility index (Phi) is 6.72. The van der Waals surface area contributed by atoms with Gasteiger partial charge in [0.15, 0.2) is 0 Å². The zero-order chi connectivity index (χ0) is 17.5. The summed E-state index contributed by atoms with van der Waals surface area (Å²) < 4.78 is 5.43. The molecule has 2 fully saturated rings. The van der Waals surface area contributed by atoms with Crippen molar-refractivity contribution in [2.45, 2.75) is 19.1 Å². The lowest BCUT2D eigenvalue weighted by molar-refractivity contribution is -0.131. The van der Waals surface area contributed by atoms with Crippen molar-refractivity contribution in [3.8, 4) is 0 Å². The maximum absolute atomic E-state index is 12.4. The van der Waals surface area contributed by atoms with E-state index in [4.69, 9.17) is 4.74 Å². The molecule has 0 aliphatic carbocycles. The van der Waals surface area contributed by atoms with Crippen LogP contribution in [0.3, 0.4) is 0 Å². The Balaban J connectivity index is 1.31. The third-order valence-electron chi connectivity index (χ3n) is 4.52. The van der Waals surface area contributed by atoms with Gasteiger partial charge in [-0.15, -0.1) is 11.8 Å². The number of benzene rings is 1. The summed E-state index contributed by atoms with van der Waals surface area (Å²) in [5.41, 5.74) is 1.05. The Hall–Kier alpha value is -1.57. The molecular formula is C18H25N3O3S. The van der Waals surface area contributed by atoms with Crippen molar-refractivity contribution in [1.82, 2.24) is 15.5 Å². The summed E-state index contributed by atoms with van der Waals surface area (Å²) in [7, 11) is 0. The molecule has 0 spiro atoms. The summed E-state index contributed by atoms with van der Waals surface area (Å²) in [5, 5.41) is 6.20. The van der Waals surface area contributed by atoms with E-state index in [1.807, 2.05) is 35.2 Å². The van der Waals surface area contributed by atoms with Crippen molar-refractivity contribution >= 4 is 23.6 Å². The van der Waals surface area contributed by atoms with Crippen molar-refractivity contribution in [3.63, 3.8) is 0 Å². The summed E-state index contributed by atoms with van der Waals surface area (Å²) in [4.78, 5) is 26.1. The van der Waals surface area contributed by atoms with Crippen LogP contribution in [0.4, 0.5) is 0 Å². The molecule has 2 aliphatic heterocycles. The van der Waals surface area contributed by atoms with Gasteiger partial charge in [-0.2, -0.15) is 0 Å². The van der Waals surface area contributed by atoms with Gasteiger partial charge in [-0.1, -0.05) is 30.3 Å². The number of thioether (sulfide) groups is 1. The number of carbonyl (C=O) groups is 2. The SMILES string of the molecule is O=C(COCc1ccccc1)NCC1CNC(C(=O)N2CCSC2)C1. The average molecular weight is 363 g/mol. The number of carbonyl (C=O) groups excluding carboxylic acids is 2. The second-order valence-corrected chi connectivity index (χ2v) is 7.56. The van der Waals surface area contributed by atoms with E-state index in [-0.39, 0.29) is 24.5 Å². The van der Waals surface area contributed by atoms with Crippen LogP contribution in [-0.4, -0.2) is 60.6 Å². The second kappa shape index (κ2) is 9.22. The molecule has 136 valence electrons. The van der Waals surface area contributed by atoms with Gasteiger partial charge >= 0.3 is 0 Å². The molecule has 2 saturated heterocycles. The minimum Gasteiger partial charge on any atom is -0.367 e. The normalized spacial score (nSPS) is 23.0. The number of hydrogen-bond acceptors (Lipinski definition) is 5. The molecule has 0 aromatic heterocycles. The minimum absolute atomic E-state index is 0.0579. The van der Waals surface area contributed by atoms with Gasteiger partial charge in [0.1, 0.15) is 6.61 Å². The quantitative estimate of drug-likeness (QED) is 0.751. The van der Waals surface area contributed by atoms with E-state index >= 15 is 0 Å². The lowest BCUT2D eigenvalue weighted by Gasteiger charge is -2.19. The number of ether oxygens (including phenoxy) is 1. The molecule has 6 nitrogen and oxygen atoms in total. The molecule has 2 N–H and O–H groups in total. The van der Waals surface area contributed by atoms with Crippen LogP contribution >= 0.6 is 11.8 Å². The summed E-state index contributed by atoms with van der Waals surface area (Å²) in [5.74, 6) is 2.21. The molecule has 7 heteroatoms. The van der Waals surface area contributed by atoms with Crippen LogP contribution in [0, 0.1) is 5.92 Å². The van der Waals surface area contributed by atoms with Crippen LogP contribution in [-0.2, 0) is 20.9 Å². The largest absolute Gasteiger partial charge is 0.367 e. The van der Waals surface area contributed by atoms with Crippen LogP contribution in [0.2, 0.25) is 0 Å². The molecule has 0 radical (unpaired) electrons. The summed E-state index contributed by atoms with van der Waals surface area (Å²) in [6.45, 7) is 2.69. The van der Waals surface area contributed by atoms with Gasteiger partial charge in [0.25, 0.3) is 0 Å². The minimum atomic E-state index is -0.110. The predicted octanol–water partition coefficient (Wildman–Crippen LogP) is 0.830. The second-order valence-electron chi connectivity index (χ2n) is 6.48. The van der Waals surface area contributed by atoms with Gasteiger partial charge in [-0.3, -0.25) is 9.59 Å². The van der Waals surface area contributed by atoms with E-state index in [1.165, 1.54) is 0 Å². The van der Waals surface area contributed by atoms with Crippen LogP contribution < -0.4 is 10.6 Å². The molecule has 1 aromatic carbocycles. The molecule has 2 unspecified atom stereocenters. The fourth-order valence-corrected chi connectivity index (χ4v) is 4.06. The first-order chi connectivity index (χ1) is 12.2. The molecule has 2 amide bonds. The van der Waals surface area contributed by atoms with Crippen molar-refractivity contribution < 1.29 is 14.3 Å². The maximum atomic E-state index is 12.4. The zero-order valence-corrected chi connectivity index (χ0v) is 15.1. The van der Waals surface area contributed by atoms with Gasteiger partial charge in [0.2, 0.25) is 11.8 Å². The molecule has 2 atom stereocenters. The van der Waals surface area contributed by atoms with Crippen LogP contribution in [0.5, 0.6) is 0 Å². The Labute approximate surface area is 152 Å². The van der Waals surface area contributed by atoms with Crippen molar-refractivity contribution in [2.75, 3.05) is 37.9 Å². The number of nitrogens with zero attached hydrogens (tertiary/aromatic N) is 1. The molecule has 1 aromatic rings. The molecule has 2 aliphatic rings. The van der Waals surface area contributed by atoms with Crippen LogP contribution in [0.25, 0.3) is 0 Å². The summed E-state index contributed by atoms with van der Waals surface area (Å²) >= 11 is 1.80. The van der Waals surface area contributed by atoms with E-state index in [0.29, 0.717) is 19.1 Å². The Morgan fingerprint density at radius 1 is 1.32 bits per heavy atom.